The molecule has 0 aliphatic carbocycles. The fraction of sp³-hybridized carbons (Fsp3) is 0.0769. The van der Waals surface area contributed by atoms with Gasteiger partial charge in [0, 0.05) is 7.05 Å². The molecule has 0 saturated carbocycles. The van der Waals surface area contributed by atoms with E-state index in [9.17, 15) is 4.79 Å². The quantitative estimate of drug-likeness (QED) is 0.706. The van der Waals surface area contributed by atoms with Crippen molar-refractivity contribution in [3.63, 3.8) is 0 Å². The maximum Gasteiger partial charge on any atom is 0.337 e. The lowest BCUT2D eigenvalue weighted by atomic mass is 10.1. The van der Waals surface area contributed by atoms with Crippen molar-refractivity contribution >= 4 is 17.3 Å². The fourth-order valence-corrected chi connectivity index (χ4v) is 1.52. The van der Waals surface area contributed by atoms with Crippen molar-refractivity contribution in [1.29, 1.82) is 15.8 Å². The lowest BCUT2D eigenvalue weighted by Crippen LogP contribution is -2.08. The smallest absolute Gasteiger partial charge is 0.337 e. The van der Waals surface area contributed by atoms with Crippen molar-refractivity contribution in [2.45, 2.75) is 0 Å². The predicted octanol–water partition coefficient (Wildman–Crippen LogP) is 1.66. The summed E-state index contributed by atoms with van der Waals surface area (Å²) in [7, 11) is 1.53. The summed E-state index contributed by atoms with van der Waals surface area (Å²) in [4.78, 5) is 11.1. The van der Waals surface area contributed by atoms with E-state index in [4.69, 9.17) is 20.9 Å². The molecule has 0 amide bonds. The van der Waals surface area contributed by atoms with Crippen LogP contribution < -0.4 is 10.6 Å². The average molecular weight is 267 g/mol. The maximum absolute atomic E-state index is 11.1. The van der Waals surface area contributed by atoms with E-state index in [2.05, 4.69) is 10.6 Å². The number of hydrogen-bond donors (Lipinski definition) is 3. The van der Waals surface area contributed by atoms with Crippen LogP contribution in [0.15, 0.2) is 29.5 Å². The molecule has 0 atom stereocenters. The predicted molar refractivity (Wildman–Crippen MR) is 70.4 cm³/mol. The number of nitriles is 3. The molecule has 0 aliphatic rings. The van der Waals surface area contributed by atoms with Gasteiger partial charge in [-0.25, -0.2) is 4.79 Å². The topological polar surface area (TPSA) is 133 Å². The first-order valence-electron chi connectivity index (χ1n) is 5.34. The van der Waals surface area contributed by atoms with Gasteiger partial charge in [-0.15, -0.1) is 0 Å². The van der Waals surface area contributed by atoms with Gasteiger partial charge in [0.15, 0.2) is 5.57 Å². The van der Waals surface area contributed by atoms with Gasteiger partial charge in [0.1, 0.15) is 23.9 Å². The molecule has 0 saturated heterocycles. The van der Waals surface area contributed by atoms with E-state index >= 15 is 0 Å². The van der Waals surface area contributed by atoms with Gasteiger partial charge in [-0.2, -0.15) is 15.8 Å². The maximum atomic E-state index is 11.1. The van der Waals surface area contributed by atoms with Gasteiger partial charge in [0.2, 0.25) is 0 Å². The van der Waals surface area contributed by atoms with Crippen molar-refractivity contribution in [3.8, 4) is 18.2 Å². The molecule has 0 fully saturated rings. The third-order valence-electron chi connectivity index (χ3n) is 2.39. The lowest BCUT2D eigenvalue weighted by Gasteiger charge is -2.13. The summed E-state index contributed by atoms with van der Waals surface area (Å²) in [5.41, 5.74) is -0.0792. The normalized spacial score (nSPS) is 8.50. The van der Waals surface area contributed by atoms with Crippen molar-refractivity contribution in [1.82, 2.24) is 0 Å². The van der Waals surface area contributed by atoms with E-state index in [0.717, 1.165) is 0 Å². The second kappa shape index (κ2) is 6.44. The Balaban J connectivity index is 3.38. The third kappa shape index (κ3) is 2.84. The molecule has 7 nitrogen and oxygen atoms in total. The minimum absolute atomic E-state index is 0.00487. The molecule has 1 rings (SSSR count). The Morgan fingerprint density at radius 1 is 1.20 bits per heavy atom. The zero-order chi connectivity index (χ0) is 15.1. The number of carboxylic acids is 1. The van der Waals surface area contributed by atoms with E-state index in [1.165, 1.54) is 25.2 Å². The van der Waals surface area contributed by atoms with Crippen LogP contribution in [0.3, 0.4) is 0 Å². The molecule has 0 spiro atoms. The molecule has 0 unspecified atom stereocenters. The highest BCUT2D eigenvalue weighted by Crippen LogP contribution is 2.27. The zero-order valence-corrected chi connectivity index (χ0v) is 10.4. The number of para-hydroxylation sites is 1. The number of carbonyl (C=O) groups is 1. The van der Waals surface area contributed by atoms with Gasteiger partial charge in [-0.05, 0) is 12.1 Å². The van der Waals surface area contributed by atoms with Crippen LogP contribution in [0.5, 0.6) is 0 Å². The average Bonchev–Trinajstić information content (AvgIpc) is 2.46. The van der Waals surface area contributed by atoms with Crippen molar-refractivity contribution in [3.05, 3.63) is 35.0 Å². The molecule has 7 heteroatoms. The summed E-state index contributed by atoms with van der Waals surface area (Å²) in [6, 6.07) is 9.30. The number of anilines is 2. The van der Waals surface area contributed by atoms with Gasteiger partial charge in [0.25, 0.3) is 0 Å². The van der Waals surface area contributed by atoms with E-state index in [1.807, 2.05) is 0 Å². The second-order valence-electron chi connectivity index (χ2n) is 3.49. The minimum Gasteiger partial charge on any atom is -0.478 e. The molecule has 0 bridgehead atoms. The number of nitrogens with one attached hydrogen (secondary N) is 2. The lowest BCUT2D eigenvalue weighted by molar-refractivity contribution is 0.0698. The Labute approximate surface area is 115 Å². The van der Waals surface area contributed by atoms with Crippen LogP contribution in [0.25, 0.3) is 0 Å². The van der Waals surface area contributed by atoms with Crippen LogP contribution in [0.2, 0.25) is 0 Å². The molecule has 0 aromatic heterocycles. The van der Waals surface area contributed by atoms with Gasteiger partial charge in [-0.3, -0.25) is 0 Å². The highest BCUT2D eigenvalue weighted by molar-refractivity contribution is 5.98. The van der Waals surface area contributed by atoms with E-state index < -0.39 is 5.97 Å². The van der Waals surface area contributed by atoms with Crippen molar-refractivity contribution in [2.75, 3.05) is 17.7 Å². The number of rotatable bonds is 4. The van der Waals surface area contributed by atoms with Crippen LogP contribution in [-0.2, 0) is 0 Å². The van der Waals surface area contributed by atoms with Gasteiger partial charge in [0.05, 0.1) is 16.9 Å². The summed E-state index contributed by atoms with van der Waals surface area (Å²) in [5, 5.41) is 40.8. The molecule has 1 aromatic rings. The first kappa shape index (κ1) is 14.6. The molecule has 0 aliphatic heterocycles. The van der Waals surface area contributed by atoms with Gasteiger partial charge >= 0.3 is 5.97 Å². The molecular formula is C13H9N5O2. The molecule has 3 N–H and O–H groups in total. The first-order valence-corrected chi connectivity index (χ1v) is 5.34. The Morgan fingerprint density at radius 2 is 1.85 bits per heavy atom. The molecule has 0 radical (unpaired) electrons. The second-order valence-corrected chi connectivity index (χ2v) is 3.49. The third-order valence-corrected chi connectivity index (χ3v) is 2.39. The van der Waals surface area contributed by atoms with Crippen LogP contribution in [0.1, 0.15) is 10.4 Å². The SMILES string of the molecule is CNc1c(NC(C#N)=C(C#N)C#N)cccc1C(=O)O. The van der Waals surface area contributed by atoms with E-state index in [1.54, 1.807) is 18.2 Å². The molecule has 98 valence electrons. The van der Waals surface area contributed by atoms with Crippen LogP contribution in [0.4, 0.5) is 11.4 Å². The number of aromatic carboxylic acids is 1. The number of carboxylic acid groups (broad SMARTS) is 1. The zero-order valence-electron chi connectivity index (χ0n) is 10.4. The van der Waals surface area contributed by atoms with Crippen LogP contribution >= 0.6 is 0 Å². The van der Waals surface area contributed by atoms with Crippen LogP contribution in [-0.4, -0.2) is 18.1 Å². The van der Waals surface area contributed by atoms with Gasteiger partial charge < -0.3 is 15.7 Å². The first-order chi connectivity index (χ1) is 9.58. The Bertz CT molecular complexity index is 685. The van der Waals surface area contributed by atoms with Crippen molar-refractivity contribution < 1.29 is 9.90 Å². The van der Waals surface area contributed by atoms with Gasteiger partial charge in [-0.1, -0.05) is 6.07 Å². The largest absolute Gasteiger partial charge is 0.478 e. The number of allylic oxidation sites excluding steroid dienone is 2. The Morgan fingerprint density at radius 3 is 2.30 bits per heavy atom. The Hall–Kier alpha value is -3.50. The molecule has 1 aromatic carbocycles. The summed E-state index contributed by atoms with van der Waals surface area (Å²) in [6.07, 6.45) is 0. The summed E-state index contributed by atoms with van der Waals surface area (Å²) < 4.78 is 0. The minimum atomic E-state index is -1.14. The van der Waals surface area contributed by atoms with Crippen LogP contribution in [0, 0.1) is 34.0 Å². The summed E-state index contributed by atoms with van der Waals surface area (Å²) in [5.74, 6) is -1.14. The van der Waals surface area contributed by atoms with Crippen molar-refractivity contribution in [2.24, 2.45) is 0 Å². The number of hydrogen-bond acceptors (Lipinski definition) is 6. The summed E-state index contributed by atoms with van der Waals surface area (Å²) >= 11 is 0. The highest BCUT2D eigenvalue weighted by atomic mass is 16.4. The fourth-order valence-electron chi connectivity index (χ4n) is 1.52. The monoisotopic (exact) mass is 267 g/mol. The van der Waals surface area contributed by atoms with E-state index in [0.29, 0.717) is 0 Å². The standard InChI is InChI=1S/C13H9N5O2/c1-17-12-9(13(19)20)3-2-4-10(12)18-11(7-16)8(5-14)6-15/h2-4,17-18H,1H3,(H,19,20). The highest BCUT2D eigenvalue weighted by Gasteiger charge is 2.14. The number of benzene rings is 1. The Kier molecular flexibility index (Phi) is 4.69. The summed E-state index contributed by atoms with van der Waals surface area (Å²) in [6.45, 7) is 0. The molecular weight excluding hydrogens is 258 g/mol. The molecule has 0 heterocycles. The number of nitrogens with zero attached hydrogens (tertiary/aromatic N) is 3. The van der Waals surface area contributed by atoms with E-state index in [-0.39, 0.29) is 28.2 Å². The molecule has 20 heavy (non-hydrogen) atoms.